The van der Waals surface area contributed by atoms with E-state index in [1.165, 1.54) is 6.07 Å². The Labute approximate surface area is 145 Å². The fraction of sp³-hybridized carbons (Fsp3) is 0.0625. The van der Waals surface area contributed by atoms with E-state index >= 15 is 0 Å². The molecule has 0 spiro atoms. The molecule has 0 atom stereocenters. The number of hydrogen-bond acceptors (Lipinski definition) is 3. The number of aromatic nitrogens is 1. The number of rotatable bonds is 4. The number of anilines is 1. The first-order chi connectivity index (χ1) is 11.0. The van der Waals surface area contributed by atoms with Gasteiger partial charge < -0.3 is 9.88 Å². The van der Waals surface area contributed by atoms with E-state index < -0.39 is 4.92 Å². The zero-order valence-corrected chi connectivity index (χ0v) is 14.1. The van der Waals surface area contributed by atoms with Crippen molar-refractivity contribution in [2.45, 2.75) is 6.54 Å². The maximum Gasteiger partial charge on any atom is 0.278 e. The van der Waals surface area contributed by atoms with Crippen LogP contribution in [0, 0.1) is 13.7 Å². The normalized spacial score (nSPS) is 10.7. The fourth-order valence-electron chi connectivity index (χ4n) is 2.39. The van der Waals surface area contributed by atoms with Crippen LogP contribution >= 0.6 is 22.6 Å². The van der Waals surface area contributed by atoms with Crippen LogP contribution in [0.3, 0.4) is 0 Å². The van der Waals surface area contributed by atoms with Gasteiger partial charge in [-0.25, -0.2) is 0 Å². The molecule has 1 N–H and O–H groups in total. The van der Waals surface area contributed by atoms with Crippen LogP contribution in [-0.4, -0.2) is 15.4 Å². The van der Waals surface area contributed by atoms with Crippen molar-refractivity contribution in [2.75, 3.05) is 5.32 Å². The van der Waals surface area contributed by atoms with Crippen molar-refractivity contribution in [1.82, 2.24) is 4.57 Å². The van der Waals surface area contributed by atoms with Crippen molar-refractivity contribution in [3.8, 4) is 0 Å². The lowest BCUT2D eigenvalue weighted by atomic mass is 10.2. The van der Waals surface area contributed by atoms with Crippen molar-refractivity contribution in [3.63, 3.8) is 0 Å². The summed E-state index contributed by atoms with van der Waals surface area (Å²) < 4.78 is 2.79. The monoisotopic (exact) mass is 421 g/mol. The van der Waals surface area contributed by atoms with E-state index in [9.17, 15) is 14.9 Å². The second-order valence-electron chi connectivity index (χ2n) is 4.97. The van der Waals surface area contributed by atoms with E-state index in [1.54, 1.807) is 29.0 Å². The predicted octanol–water partition coefficient (Wildman–Crippen LogP) is 3.79. The molecule has 0 aliphatic heterocycles. The second kappa shape index (κ2) is 6.37. The molecule has 0 unspecified atom stereocenters. The molecule has 23 heavy (non-hydrogen) atoms. The van der Waals surface area contributed by atoms with Crippen molar-refractivity contribution in [2.24, 2.45) is 0 Å². The average molecular weight is 421 g/mol. The molecule has 6 nitrogen and oxygen atoms in total. The smallest absolute Gasteiger partial charge is 0.278 e. The maximum atomic E-state index is 12.2. The Morgan fingerprint density at radius 2 is 1.91 bits per heavy atom. The third-order valence-electron chi connectivity index (χ3n) is 3.43. The molecule has 0 aliphatic carbocycles. The first-order valence-corrected chi connectivity index (χ1v) is 7.90. The molecule has 7 heteroatoms. The summed E-state index contributed by atoms with van der Waals surface area (Å²) in [5.41, 5.74) is 1.43. The van der Waals surface area contributed by atoms with Crippen LogP contribution in [0.2, 0.25) is 0 Å². The van der Waals surface area contributed by atoms with Gasteiger partial charge >= 0.3 is 0 Å². The fourth-order valence-corrected chi connectivity index (χ4v) is 2.75. The number of halogens is 1. The third-order valence-corrected chi connectivity index (χ3v) is 4.15. The van der Waals surface area contributed by atoms with Gasteiger partial charge in [-0.3, -0.25) is 14.9 Å². The maximum absolute atomic E-state index is 12.2. The first-order valence-electron chi connectivity index (χ1n) is 6.82. The largest absolute Gasteiger partial charge is 0.338 e. The van der Waals surface area contributed by atoms with Gasteiger partial charge in [-0.2, -0.15) is 0 Å². The molecule has 116 valence electrons. The van der Waals surface area contributed by atoms with E-state index in [4.69, 9.17) is 0 Å². The van der Waals surface area contributed by atoms with Gasteiger partial charge in [0, 0.05) is 21.5 Å². The minimum Gasteiger partial charge on any atom is -0.338 e. The van der Waals surface area contributed by atoms with Gasteiger partial charge in [0.2, 0.25) is 5.91 Å². The molecule has 1 aromatic heterocycles. The third kappa shape index (κ3) is 3.34. The molecule has 1 heterocycles. The summed E-state index contributed by atoms with van der Waals surface area (Å²) in [6.45, 7) is 0.0939. The zero-order valence-electron chi connectivity index (χ0n) is 11.9. The quantitative estimate of drug-likeness (QED) is 0.396. The van der Waals surface area contributed by atoms with Crippen molar-refractivity contribution in [1.29, 1.82) is 0 Å². The van der Waals surface area contributed by atoms with Crippen LogP contribution < -0.4 is 5.32 Å². The first kappa shape index (κ1) is 15.5. The lowest BCUT2D eigenvalue weighted by Crippen LogP contribution is -2.18. The Kier molecular flexibility index (Phi) is 4.28. The lowest BCUT2D eigenvalue weighted by molar-refractivity contribution is -0.383. The summed E-state index contributed by atoms with van der Waals surface area (Å²) >= 11 is 2.19. The molecular weight excluding hydrogens is 409 g/mol. The number of hydrogen-bond donors (Lipinski definition) is 1. The van der Waals surface area contributed by atoms with Crippen LogP contribution in [0.15, 0.2) is 54.7 Å². The zero-order chi connectivity index (χ0) is 16.4. The van der Waals surface area contributed by atoms with Crippen LogP contribution in [0.5, 0.6) is 0 Å². The van der Waals surface area contributed by atoms with Crippen LogP contribution in [0.1, 0.15) is 0 Å². The average Bonchev–Trinajstić information content (AvgIpc) is 2.92. The number of amides is 1. The summed E-state index contributed by atoms with van der Waals surface area (Å²) in [4.78, 5) is 22.8. The predicted molar refractivity (Wildman–Crippen MR) is 96.4 cm³/mol. The molecule has 0 aliphatic rings. The van der Waals surface area contributed by atoms with Crippen LogP contribution in [0.25, 0.3) is 10.9 Å². The standard InChI is InChI=1S/C16H12IN3O3/c17-11-4-6-12(7-5-11)18-16(21)10-19-9-8-13-14(19)2-1-3-15(13)20(22)23/h1-9H,10H2,(H,18,21). The van der Waals surface area contributed by atoms with Crippen molar-refractivity contribution in [3.05, 3.63) is 68.4 Å². The number of non-ortho nitro benzene ring substituents is 1. The Morgan fingerprint density at radius 3 is 2.61 bits per heavy atom. The SMILES string of the molecule is O=C(Cn1ccc2c([N+](=O)[O-])cccc21)Nc1ccc(I)cc1. The molecule has 0 fully saturated rings. The number of nitrogens with zero attached hydrogens (tertiary/aromatic N) is 2. The van der Waals surface area contributed by atoms with Crippen molar-refractivity contribution < 1.29 is 9.72 Å². The van der Waals surface area contributed by atoms with Gasteiger partial charge in [0.1, 0.15) is 6.54 Å². The number of nitro groups is 1. The molecule has 0 radical (unpaired) electrons. The van der Waals surface area contributed by atoms with Gasteiger partial charge in [-0.15, -0.1) is 0 Å². The van der Waals surface area contributed by atoms with E-state index in [1.807, 2.05) is 24.3 Å². The van der Waals surface area contributed by atoms with Crippen molar-refractivity contribution >= 4 is 50.8 Å². The minimum atomic E-state index is -0.418. The van der Waals surface area contributed by atoms with E-state index in [2.05, 4.69) is 27.9 Å². The highest BCUT2D eigenvalue weighted by Crippen LogP contribution is 2.26. The summed E-state index contributed by atoms with van der Waals surface area (Å²) in [6.07, 6.45) is 1.69. The molecule has 2 aromatic carbocycles. The number of benzene rings is 2. The van der Waals surface area contributed by atoms with Gasteiger partial charge in [-0.05, 0) is 59.0 Å². The minimum absolute atomic E-state index is 0.0410. The second-order valence-corrected chi connectivity index (χ2v) is 6.21. The molecule has 1 amide bonds. The molecule has 3 aromatic rings. The Hall–Kier alpha value is -2.42. The van der Waals surface area contributed by atoms with Gasteiger partial charge in [-0.1, -0.05) is 6.07 Å². The summed E-state index contributed by atoms with van der Waals surface area (Å²) in [6, 6.07) is 14.0. The van der Waals surface area contributed by atoms with E-state index in [0.717, 1.165) is 9.26 Å². The number of carbonyl (C=O) groups is 1. The number of nitrogens with one attached hydrogen (secondary N) is 1. The van der Waals surface area contributed by atoms with E-state index in [0.29, 0.717) is 10.9 Å². The number of nitro benzene ring substituents is 1. The van der Waals surface area contributed by atoms with Gasteiger partial charge in [0.25, 0.3) is 5.69 Å². The van der Waals surface area contributed by atoms with Gasteiger partial charge in [0.05, 0.1) is 15.8 Å². The molecule has 0 bridgehead atoms. The highest BCUT2D eigenvalue weighted by molar-refractivity contribution is 14.1. The Balaban J connectivity index is 1.81. The highest BCUT2D eigenvalue weighted by atomic mass is 127. The topological polar surface area (TPSA) is 77.2 Å². The summed E-state index contributed by atoms with van der Waals surface area (Å²) in [5, 5.41) is 14.4. The molecule has 0 saturated heterocycles. The lowest BCUT2D eigenvalue weighted by Gasteiger charge is -2.07. The molecular formula is C16H12IN3O3. The number of carbonyl (C=O) groups excluding carboxylic acids is 1. The Bertz CT molecular complexity index is 887. The summed E-state index contributed by atoms with van der Waals surface area (Å²) in [7, 11) is 0. The van der Waals surface area contributed by atoms with Crippen LogP contribution in [0.4, 0.5) is 11.4 Å². The highest BCUT2D eigenvalue weighted by Gasteiger charge is 2.14. The number of fused-ring (bicyclic) bond motifs is 1. The van der Waals surface area contributed by atoms with Crippen LogP contribution in [-0.2, 0) is 11.3 Å². The molecule has 3 rings (SSSR count). The Morgan fingerprint density at radius 1 is 1.17 bits per heavy atom. The summed E-state index contributed by atoms with van der Waals surface area (Å²) in [5.74, 6) is -0.185. The van der Waals surface area contributed by atoms with E-state index in [-0.39, 0.29) is 18.1 Å². The van der Waals surface area contributed by atoms with Gasteiger partial charge in [0.15, 0.2) is 0 Å². The molecule has 0 saturated carbocycles.